The van der Waals surface area contributed by atoms with Crippen molar-refractivity contribution in [2.75, 3.05) is 9.80 Å². The highest BCUT2D eigenvalue weighted by Crippen LogP contribution is 2.52. The predicted molar refractivity (Wildman–Crippen MR) is 413 cm³/mol. The van der Waals surface area contributed by atoms with E-state index in [0.29, 0.717) is 0 Å². The molecule has 462 valence electrons. The first-order chi connectivity index (χ1) is 46.5. The van der Waals surface area contributed by atoms with E-state index in [4.69, 9.17) is 0 Å². The molecule has 0 atom stereocenters. The molecule has 2 aliphatic rings. The first-order valence-electron chi connectivity index (χ1n) is 34.1. The van der Waals surface area contributed by atoms with Gasteiger partial charge in [0.25, 0.3) is 6.71 Å². The van der Waals surface area contributed by atoms with Crippen LogP contribution in [0.5, 0.6) is 0 Å². The molecule has 0 fully saturated rings. The highest BCUT2D eigenvalue weighted by molar-refractivity contribution is 7.00. The van der Waals surface area contributed by atoms with Crippen molar-refractivity contribution in [3.8, 4) is 61.3 Å². The van der Waals surface area contributed by atoms with Crippen LogP contribution < -0.4 is 26.2 Å². The molecule has 2 aliphatic heterocycles. The number of nitrogens with zero attached hydrogens (tertiary/aromatic N) is 3. The smallest absolute Gasteiger partial charge is 0.252 e. The van der Waals surface area contributed by atoms with Crippen LogP contribution in [0.15, 0.2) is 297 Å². The summed E-state index contributed by atoms with van der Waals surface area (Å²) in [5, 5.41) is 7.50. The number of benzene rings is 14. The van der Waals surface area contributed by atoms with Crippen LogP contribution in [-0.4, -0.2) is 11.3 Å². The van der Waals surface area contributed by atoms with E-state index in [1.54, 1.807) is 0 Å². The molecule has 96 heavy (non-hydrogen) atoms. The zero-order chi connectivity index (χ0) is 65.4. The van der Waals surface area contributed by atoms with Gasteiger partial charge in [0.2, 0.25) is 0 Å². The Labute approximate surface area is 565 Å². The van der Waals surface area contributed by atoms with Crippen LogP contribution in [0.3, 0.4) is 0 Å². The van der Waals surface area contributed by atoms with E-state index < -0.39 is 0 Å². The lowest BCUT2D eigenvalue weighted by Gasteiger charge is -2.46. The number of hydrogen-bond acceptors (Lipinski definition) is 2. The quantitative estimate of drug-likeness (QED) is 0.111. The van der Waals surface area contributed by atoms with Crippen LogP contribution in [0.2, 0.25) is 0 Å². The molecule has 1 aromatic heterocycles. The van der Waals surface area contributed by atoms with Gasteiger partial charge in [-0.2, -0.15) is 0 Å². The molecule has 0 radical (unpaired) electrons. The van der Waals surface area contributed by atoms with Crippen LogP contribution in [-0.2, 0) is 16.2 Å². The molecule has 3 heterocycles. The summed E-state index contributed by atoms with van der Waals surface area (Å²) in [4.78, 5) is 5.28. The third kappa shape index (κ3) is 9.63. The molecular weight excluding hydrogens is 1160 g/mol. The van der Waals surface area contributed by atoms with Gasteiger partial charge in [-0.05, 0) is 188 Å². The van der Waals surface area contributed by atoms with Crippen molar-refractivity contribution in [1.29, 1.82) is 0 Å². The summed E-state index contributed by atoms with van der Waals surface area (Å²) >= 11 is 0. The van der Waals surface area contributed by atoms with Crippen LogP contribution in [0.1, 0.15) is 79.0 Å². The average Bonchev–Trinajstić information content (AvgIpc) is 0.795. The van der Waals surface area contributed by atoms with Crippen molar-refractivity contribution in [2.45, 2.75) is 78.6 Å². The number of para-hydroxylation sites is 2. The first-order valence-corrected chi connectivity index (χ1v) is 34.1. The van der Waals surface area contributed by atoms with E-state index in [1.807, 2.05) is 0 Å². The molecule has 15 aromatic rings. The van der Waals surface area contributed by atoms with Gasteiger partial charge < -0.3 is 14.4 Å². The molecular formula is C92H76BN3. The van der Waals surface area contributed by atoms with E-state index in [2.05, 4.69) is 374 Å². The monoisotopic (exact) mass is 1230 g/mol. The largest absolute Gasteiger partial charge is 0.311 e. The third-order valence-corrected chi connectivity index (χ3v) is 20.6. The van der Waals surface area contributed by atoms with Crippen molar-refractivity contribution >= 4 is 101 Å². The maximum absolute atomic E-state index is 2.64. The minimum atomic E-state index is -0.244. The number of hydrogen-bond donors (Lipinski definition) is 0. The molecule has 0 amide bonds. The Kier molecular flexibility index (Phi) is 13.7. The van der Waals surface area contributed by atoms with Gasteiger partial charge in [0.15, 0.2) is 0 Å². The predicted octanol–water partition coefficient (Wildman–Crippen LogP) is 23.4. The van der Waals surface area contributed by atoms with E-state index in [0.717, 1.165) is 39.6 Å². The number of fused-ring (bicyclic) bond motifs is 9. The summed E-state index contributed by atoms with van der Waals surface area (Å²) in [6.07, 6.45) is 0. The van der Waals surface area contributed by atoms with Gasteiger partial charge in [-0.1, -0.05) is 287 Å². The highest BCUT2D eigenvalue weighted by Gasteiger charge is 2.45. The number of anilines is 6. The Morgan fingerprint density at radius 3 is 1.14 bits per heavy atom. The Bertz CT molecular complexity index is 5520. The molecule has 0 unspecified atom stereocenters. The van der Waals surface area contributed by atoms with Gasteiger partial charge in [0, 0.05) is 50.3 Å². The van der Waals surface area contributed by atoms with Crippen molar-refractivity contribution in [2.24, 2.45) is 0 Å². The normalized spacial score (nSPS) is 13.0. The summed E-state index contributed by atoms with van der Waals surface area (Å²) in [6, 6.07) is 113. The van der Waals surface area contributed by atoms with Crippen molar-refractivity contribution in [3.05, 3.63) is 314 Å². The molecule has 17 rings (SSSR count). The SMILES string of the molecule is CC(C)(C)c1cc2c3c(c1)N(c1ccccc1-c1ccccc1)c1cc(-n4c5ccc(C(C)(C)C)cc5c5cc(C(C)(C)C)ccc54)ccc1B3c1ccc(-c3ccc4c(-c5ccccc5)c5ccccc5c(-c5ccccc5)c4c3)cc1N2c1ccccc1-c1ccccc1. The molecule has 14 aromatic carbocycles. The van der Waals surface area contributed by atoms with Crippen molar-refractivity contribution in [3.63, 3.8) is 0 Å². The van der Waals surface area contributed by atoms with Crippen molar-refractivity contribution < 1.29 is 0 Å². The fourth-order valence-corrected chi connectivity index (χ4v) is 15.7. The second-order valence-electron chi connectivity index (χ2n) is 29.7. The molecule has 0 bridgehead atoms. The van der Waals surface area contributed by atoms with Crippen LogP contribution in [0.25, 0.3) is 105 Å². The average molecular weight is 1230 g/mol. The lowest BCUT2D eigenvalue weighted by Crippen LogP contribution is -2.61. The topological polar surface area (TPSA) is 11.4 Å². The zero-order valence-electron chi connectivity index (χ0n) is 56.2. The first kappa shape index (κ1) is 58.9. The minimum absolute atomic E-state index is 0.0274. The summed E-state index contributed by atoms with van der Waals surface area (Å²) in [5.41, 5.74) is 29.8. The second kappa shape index (κ2) is 22.4. The zero-order valence-corrected chi connectivity index (χ0v) is 56.2. The Morgan fingerprint density at radius 1 is 0.250 bits per heavy atom. The fourth-order valence-electron chi connectivity index (χ4n) is 15.7. The molecule has 4 heteroatoms. The summed E-state index contributed by atoms with van der Waals surface area (Å²) in [7, 11) is 0. The van der Waals surface area contributed by atoms with E-state index in [1.165, 1.54) is 132 Å². The summed E-state index contributed by atoms with van der Waals surface area (Å²) in [5.74, 6) is 0. The lowest BCUT2D eigenvalue weighted by molar-refractivity contribution is 0.590. The van der Waals surface area contributed by atoms with Gasteiger partial charge in [0.05, 0.1) is 22.4 Å². The fraction of sp³-hybridized carbons (Fsp3) is 0.130. The molecule has 0 saturated carbocycles. The van der Waals surface area contributed by atoms with Crippen LogP contribution in [0.4, 0.5) is 34.1 Å². The third-order valence-electron chi connectivity index (χ3n) is 20.6. The van der Waals surface area contributed by atoms with Crippen molar-refractivity contribution in [1.82, 2.24) is 4.57 Å². The van der Waals surface area contributed by atoms with E-state index >= 15 is 0 Å². The maximum Gasteiger partial charge on any atom is 0.252 e. The standard InChI is InChI=1S/C92H76BN3/c1-90(2,3)65-44-50-81-74(54-65)75-55-66(91(4,5)6)45-51-82(75)94(81)68-46-49-78-84(58-68)96(80-41-27-25-37-70(80)60-30-16-11-17-31-60)86-57-67(92(7,8)9)56-85-89(86)93(78)77-48-43-64(53-83(77)95(85)79-40-26-24-36-69(79)59-28-14-10-15-29-59)63-42-47-73-76(52-63)88(62-34-20-13-21-35-62)72-39-23-22-38-71(72)87(73)61-32-18-12-19-33-61/h10-58H,1-9H3. The van der Waals surface area contributed by atoms with Gasteiger partial charge in [0.1, 0.15) is 0 Å². The van der Waals surface area contributed by atoms with Crippen LogP contribution in [0, 0.1) is 0 Å². The van der Waals surface area contributed by atoms with Gasteiger partial charge in [-0.25, -0.2) is 0 Å². The summed E-state index contributed by atoms with van der Waals surface area (Å²) < 4.78 is 2.54. The molecule has 0 saturated heterocycles. The Balaban J connectivity index is 0.967. The van der Waals surface area contributed by atoms with Gasteiger partial charge >= 0.3 is 0 Å². The number of rotatable bonds is 8. The van der Waals surface area contributed by atoms with Gasteiger partial charge in [-0.3, -0.25) is 0 Å². The van der Waals surface area contributed by atoms with E-state index in [-0.39, 0.29) is 23.0 Å². The maximum atomic E-state index is 2.64. The Hall–Kier alpha value is -10.9. The molecule has 0 spiro atoms. The minimum Gasteiger partial charge on any atom is -0.311 e. The summed E-state index contributed by atoms with van der Waals surface area (Å²) in [6.45, 7) is 20.9. The second-order valence-corrected chi connectivity index (χ2v) is 29.7. The lowest BCUT2D eigenvalue weighted by atomic mass is 9.33. The molecule has 3 nitrogen and oxygen atoms in total. The number of aromatic nitrogens is 1. The van der Waals surface area contributed by atoms with Gasteiger partial charge in [-0.15, -0.1) is 0 Å². The van der Waals surface area contributed by atoms with E-state index in [9.17, 15) is 0 Å². The Morgan fingerprint density at radius 2 is 0.646 bits per heavy atom. The molecule has 0 N–H and O–H groups in total. The van der Waals surface area contributed by atoms with Crippen LogP contribution >= 0.6 is 0 Å². The molecule has 0 aliphatic carbocycles. The highest BCUT2D eigenvalue weighted by atomic mass is 15.2.